The average Bonchev–Trinajstić information content (AvgIpc) is 2.77. The third kappa shape index (κ3) is 2.07. The molecule has 2 aromatic heterocycles. The summed E-state index contributed by atoms with van der Waals surface area (Å²) in [5, 5.41) is 19.3. The minimum absolute atomic E-state index is 0.0215. The zero-order valence-electron chi connectivity index (χ0n) is 11.1. The molecule has 0 bridgehead atoms. The molecule has 2 heterocycles. The van der Waals surface area contributed by atoms with Crippen molar-refractivity contribution in [3.8, 4) is 22.9 Å². The van der Waals surface area contributed by atoms with Crippen LogP contribution in [0.2, 0.25) is 0 Å². The van der Waals surface area contributed by atoms with Crippen molar-refractivity contribution in [3.63, 3.8) is 0 Å². The van der Waals surface area contributed by atoms with E-state index in [0.29, 0.717) is 5.56 Å². The maximum absolute atomic E-state index is 9.64. The third-order valence-corrected chi connectivity index (χ3v) is 3.16. The van der Waals surface area contributed by atoms with Crippen LogP contribution in [0.1, 0.15) is 13.3 Å². The molecular formula is C15H15N3O2. The molecule has 0 unspecified atom stereocenters. The molecule has 3 aromatic rings. The summed E-state index contributed by atoms with van der Waals surface area (Å²) in [6, 6.07) is 6.42. The Labute approximate surface area is 116 Å². The van der Waals surface area contributed by atoms with E-state index in [0.717, 1.165) is 29.8 Å². The van der Waals surface area contributed by atoms with E-state index in [4.69, 9.17) is 0 Å². The van der Waals surface area contributed by atoms with Gasteiger partial charge in [0.05, 0.1) is 11.7 Å². The predicted molar refractivity (Wildman–Crippen MR) is 76.6 cm³/mol. The second-order valence-electron chi connectivity index (χ2n) is 4.69. The molecule has 3 rings (SSSR count). The van der Waals surface area contributed by atoms with Gasteiger partial charge in [0, 0.05) is 24.4 Å². The molecule has 0 amide bonds. The first-order valence-corrected chi connectivity index (χ1v) is 6.52. The fourth-order valence-electron chi connectivity index (χ4n) is 2.38. The van der Waals surface area contributed by atoms with E-state index in [2.05, 4.69) is 21.5 Å². The van der Waals surface area contributed by atoms with Crippen LogP contribution in [0.15, 0.2) is 36.7 Å². The number of fused-ring (bicyclic) bond motifs is 1. The first kappa shape index (κ1) is 12.5. The van der Waals surface area contributed by atoms with Gasteiger partial charge < -0.3 is 14.8 Å². The molecule has 0 aliphatic heterocycles. The molecule has 0 atom stereocenters. The van der Waals surface area contributed by atoms with Gasteiger partial charge in [-0.15, -0.1) is 0 Å². The van der Waals surface area contributed by atoms with Crippen LogP contribution in [0.4, 0.5) is 0 Å². The first-order valence-electron chi connectivity index (χ1n) is 6.52. The Hall–Kier alpha value is -2.56. The smallest absolute Gasteiger partial charge is 0.141 e. The minimum Gasteiger partial charge on any atom is -0.508 e. The van der Waals surface area contributed by atoms with E-state index in [9.17, 15) is 10.2 Å². The van der Waals surface area contributed by atoms with Crippen LogP contribution < -0.4 is 0 Å². The van der Waals surface area contributed by atoms with Crippen LogP contribution in [0.3, 0.4) is 0 Å². The maximum atomic E-state index is 9.64. The van der Waals surface area contributed by atoms with Crippen LogP contribution in [0.5, 0.6) is 11.5 Å². The van der Waals surface area contributed by atoms with Crippen LogP contribution >= 0.6 is 0 Å². The Morgan fingerprint density at radius 3 is 2.60 bits per heavy atom. The number of rotatable bonds is 3. The summed E-state index contributed by atoms with van der Waals surface area (Å²) >= 11 is 0. The highest BCUT2D eigenvalue weighted by atomic mass is 16.3. The highest BCUT2D eigenvalue weighted by Crippen LogP contribution is 2.30. The van der Waals surface area contributed by atoms with Gasteiger partial charge in [0.25, 0.3) is 0 Å². The molecule has 20 heavy (non-hydrogen) atoms. The number of aromatic hydroxyl groups is 2. The van der Waals surface area contributed by atoms with E-state index in [1.165, 1.54) is 6.07 Å². The number of aryl methyl sites for hydroxylation is 1. The number of nitrogens with zero attached hydrogens (tertiary/aromatic N) is 3. The molecule has 0 fully saturated rings. The highest BCUT2D eigenvalue weighted by molar-refractivity contribution is 5.80. The molecule has 2 N–H and O–H groups in total. The Kier molecular flexibility index (Phi) is 3.02. The lowest BCUT2D eigenvalue weighted by molar-refractivity contribution is 0.451. The molecule has 0 radical (unpaired) electrons. The first-order chi connectivity index (χ1) is 9.69. The molecule has 0 aliphatic rings. The van der Waals surface area contributed by atoms with Crippen LogP contribution in [0.25, 0.3) is 22.4 Å². The van der Waals surface area contributed by atoms with E-state index in [-0.39, 0.29) is 11.5 Å². The maximum Gasteiger partial charge on any atom is 0.141 e. The number of hydrogen-bond donors (Lipinski definition) is 2. The highest BCUT2D eigenvalue weighted by Gasteiger charge is 2.13. The molecule has 5 nitrogen and oxygen atoms in total. The lowest BCUT2D eigenvalue weighted by Crippen LogP contribution is -1.99. The van der Waals surface area contributed by atoms with Crippen molar-refractivity contribution in [2.75, 3.05) is 0 Å². The van der Waals surface area contributed by atoms with Gasteiger partial charge in [-0.1, -0.05) is 6.92 Å². The summed E-state index contributed by atoms with van der Waals surface area (Å²) in [7, 11) is 0. The number of pyridine rings is 1. The van der Waals surface area contributed by atoms with E-state index in [1.54, 1.807) is 24.5 Å². The van der Waals surface area contributed by atoms with E-state index in [1.807, 2.05) is 6.07 Å². The van der Waals surface area contributed by atoms with Crippen molar-refractivity contribution in [2.45, 2.75) is 19.9 Å². The lowest BCUT2D eigenvalue weighted by atomic mass is 10.2. The van der Waals surface area contributed by atoms with Gasteiger partial charge in [0.15, 0.2) is 0 Å². The number of imidazole rings is 1. The predicted octanol–water partition coefficient (Wildman–Crippen LogP) is 2.92. The number of benzene rings is 1. The van der Waals surface area contributed by atoms with Gasteiger partial charge >= 0.3 is 0 Å². The second-order valence-corrected chi connectivity index (χ2v) is 4.69. The standard InChI is InChI=1S/C15H15N3O2/c1-2-5-18-14-3-4-16-9-13(14)17-15(18)10-6-11(19)8-12(20)7-10/h3-4,6-9,19-20H,2,5H2,1H3. The fraction of sp³-hybridized carbons (Fsp3) is 0.200. The van der Waals surface area contributed by atoms with Gasteiger partial charge in [-0.05, 0) is 24.6 Å². The summed E-state index contributed by atoms with van der Waals surface area (Å²) in [6.45, 7) is 2.91. The molecule has 0 aliphatic carbocycles. The second kappa shape index (κ2) is 4.85. The van der Waals surface area contributed by atoms with Crippen molar-refractivity contribution < 1.29 is 10.2 Å². The number of aromatic nitrogens is 3. The fourth-order valence-corrected chi connectivity index (χ4v) is 2.38. The van der Waals surface area contributed by atoms with Crippen molar-refractivity contribution in [1.29, 1.82) is 0 Å². The summed E-state index contributed by atoms with van der Waals surface area (Å²) in [5.74, 6) is 0.766. The van der Waals surface area contributed by atoms with E-state index >= 15 is 0 Å². The summed E-state index contributed by atoms with van der Waals surface area (Å²) < 4.78 is 2.07. The van der Waals surface area contributed by atoms with Crippen LogP contribution in [-0.2, 0) is 6.54 Å². The summed E-state index contributed by atoms with van der Waals surface area (Å²) in [4.78, 5) is 8.64. The van der Waals surface area contributed by atoms with Crippen molar-refractivity contribution in [2.24, 2.45) is 0 Å². The molecule has 102 valence electrons. The average molecular weight is 269 g/mol. The lowest BCUT2D eigenvalue weighted by Gasteiger charge is -2.08. The van der Waals surface area contributed by atoms with E-state index < -0.39 is 0 Å². The zero-order valence-corrected chi connectivity index (χ0v) is 11.1. The number of phenolic OH excluding ortho intramolecular Hbond substituents is 2. The van der Waals surface area contributed by atoms with Crippen molar-refractivity contribution in [3.05, 3.63) is 36.7 Å². The summed E-state index contributed by atoms with van der Waals surface area (Å²) in [5.41, 5.74) is 2.49. The monoisotopic (exact) mass is 269 g/mol. The Morgan fingerprint density at radius 2 is 1.90 bits per heavy atom. The summed E-state index contributed by atoms with van der Waals surface area (Å²) in [6.07, 6.45) is 4.42. The Bertz CT molecular complexity index is 745. The molecule has 0 spiro atoms. The topological polar surface area (TPSA) is 71.2 Å². The third-order valence-electron chi connectivity index (χ3n) is 3.16. The minimum atomic E-state index is 0.0215. The molecule has 0 saturated heterocycles. The van der Waals surface area contributed by atoms with Gasteiger partial charge in [-0.2, -0.15) is 0 Å². The Morgan fingerprint density at radius 1 is 1.15 bits per heavy atom. The quantitative estimate of drug-likeness (QED) is 0.767. The number of phenols is 2. The van der Waals surface area contributed by atoms with Gasteiger partial charge in [0.1, 0.15) is 22.8 Å². The van der Waals surface area contributed by atoms with Crippen LogP contribution in [-0.4, -0.2) is 24.7 Å². The van der Waals surface area contributed by atoms with Crippen LogP contribution in [0, 0.1) is 0 Å². The largest absolute Gasteiger partial charge is 0.508 e. The van der Waals surface area contributed by atoms with Crippen molar-refractivity contribution >= 4 is 11.0 Å². The van der Waals surface area contributed by atoms with Crippen molar-refractivity contribution in [1.82, 2.24) is 14.5 Å². The number of hydrogen-bond acceptors (Lipinski definition) is 4. The molecular weight excluding hydrogens is 254 g/mol. The Balaban J connectivity index is 2.26. The van der Waals surface area contributed by atoms with Gasteiger partial charge in [-0.25, -0.2) is 4.98 Å². The normalized spacial score (nSPS) is 11.1. The molecule has 0 saturated carbocycles. The molecule has 1 aromatic carbocycles. The SMILES string of the molecule is CCCn1c(-c2cc(O)cc(O)c2)nc2cnccc21. The van der Waals surface area contributed by atoms with Gasteiger partial charge in [-0.3, -0.25) is 4.98 Å². The zero-order chi connectivity index (χ0) is 14.1. The molecule has 5 heteroatoms. The van der Waals surface area contributed by atoms with Gasteiger partial charge in [0.2, 0.25) is 0 Å².